The van der Waals surface area contributed by atoms with Crippen LogP contribution in [0.5, 0.6) is 0 Å². The molecule has 7 heteroatoms. The van der Waals surface area contributed by atoms with Crippen molar-refractivity contribution in [2.45, 2.75) is 6.42 Å². The minimum Gasteiger partial charge on any atom is -0.338 e. The Morgan fingerprint density at radius 3 is 2.91 bits per heavy atom. The van der Waals surface area contributed by atoms with Crippen LogP contribution in [0.25, 0.3) is 11.0 Å². The van der Waals surface area contributed by atoms with Gasteiger partial charge in [0.25, 0.3) is 0 Å². The molecule has 2 fully saturated rings. The van der Waals surface area contributed by atoms with Crippen LogP contribution in [-0.4, -0.2) is 40.1 Å². The summed E-state index contributed by atoms with van der Waals surface area (Å²) in [7, 11) is 0. The lowest BCUT2D eigenvalue weighted by atomic mass is 9.93. The van der Waals surface area contributed by atoms with Crippen molar-refractivity contribution in [3.8, 4) is 0 Å². The number of carbonyl (C=O) groups excluding carboxylic acids is 2. The molecule has 1 aliphatic carbocycles. The van der Waals surface area contributed by atoms with E-state index in [1.165, 1.54) is 6.08 Å². The van der Waals surface area contributed by atoms with Gasteiger partial charge >= 0.3 is 0 Å². The fraction of sp³-hybridized carbons (Fsp3) is 0.333. The summed E-state index contributed by atoms with van der Waals surface area (Å²) in [6.45, 7) is 4.76. The van der Waals surface area contributed by atoms with E-state index in [2.05, 4.69) is 26.8 Å². The van der Waals surface area contributed by atoms with Gasteiger partial charge in [-0.1, -0.05) is 6.58 Å². The number of amides is 2. The molecule has 2 aromatic rings. The van der Waals surface area contributed by atoms with E-state index in [-0.39, 0.29) is 23.1 Å². The van der Waals surface area contributed by atoms with Gasteiger partial charge in [-0.3, -0.25) is 9.59 Å². The molecular weight excluding hydrogens is 284 g/mol. The molecule has 1 aliphatic heterocycles. The van der Waals surface area contributed by atoms with Crippen LogP contribution in [0.2, 0.25) is 0 Å². The maximum Gasteiger partial charge on any atom is 0.245 e. The molecule has 1 spiro atoms. The Morgan fingerprint density at radius 1 is 1.36 bits per heavy atom. The second kappa shape index (κ2) is 4.40. The van der Waals surface area contributed by atoms with Crippen LogP contribution in [-0.2, 0) is 9.59 Å². The zero-order chi connectivity index (χ0) is 15.3. The van der Waals surface area contributed by atoms with Gasteiger partial charge in [-0.15, -0.1) is 0 Å². The first-order valence-corrected chi connectivity index (χ1v) is 7.06. The van der Waals surface area contributed by atoms with Crippen LogP contribution in [0.15, 0.2) is 35.5 Å². The average molecular weight is 298 g/mol. The molecule has 1 atom stereocenters. The summed E-state index contributed by atoms with van der Waals surface area (Å²) in [4.78, 5) is 25.5. The highest BCUT2D eigenvalue weighted by molar-refractivity contribution is 5.97. The lowest BCUT2D eigenvalue weighted by Crippen LogP contribution is -2.52. The van der Waals surface area contributed by atoms with E-state index >= 15 is 0 Å². The van der Waals surface area contributed by atoms with Gasteiger partial charge in [-0.05, 0) is 41.0 Å². The Bertz CT molecular complexity index is 791. The van der Waals surface area contributed by atoms with E-state index in [4.69, 9.17) is 0 Å². The normalized spacial score (nSPS) is 21.5. The molecule has 1 aromatic carbocycles. The summed E-state index contributed by atoms with van der Waals surface area (Å²) in [6, 6.07) is 5.25. The third kappa shape index (κ3) is 1.89. The lowest BCUT2D eigenvalue weighted by Gasteiger charge is -2.40. The standard InChI is InChI=1S/C15H14N4O3/c1-2-13(20)19-7-15(8-19)6-10(15)14(21)16-9-3-4-11-12(5-9)18-22-17-11/h2-5,10H,1,6-8H2,(H,16,21). The molecule has 2 heterocycles. The molecule has 1 unspecified atom stereocenters. The van der Waals surface area contributed by atoms with Gasteiger partial charge in [-0.2, -0.15) is 0 Å². The fourth-order valence-corrected chi connectivity index (χ4v) is 3.16. The highest BCUT2D eigenvalue weighted by atomic mass is 16.6. The monoisotopic (exact) mass is 298 g/mol. The molecule has 2 amide bonds. The number of hydrogen-bond donors (Lipinski definition) is 1. The van der Waals surface area contributed by atoms with Crippen molar-refractivity contribution in [1.29, 1.82) is 0 Å². The fourth-order valence-electron chi connectivity index (χ4n) is 3.16. The zero-order valence-electron chi connectivity index (χ0n) is 11.8. The van der Waals surface area contributed by atoms with Crippen LogP contribution in [0.1, 0.15) is 6.42 Å². The van der Waals surface area contributed by atoms with Crippen molar-refractivity contribution in [1.82, 2.24) is 15.2 Å². The number of anilines is 1. The van der Waals surface area contributed by atoms with Crippen molar-refractivity contribution in [2.24, 2.45) is 11.3 Å². The molecular formula is C15H14N4O3. The summed E-state index contributed by atoms with van der Waals surface area (Å²) >= 11 is 0. The van der Waals surface area contributed by atoms with Gasteiger partial charge in [-0.25, -0.2) is 4.63 Å². The van der Waals surface area contributed by atoms with Crippen molar-refractivity contribution in [2.75, 3.05) is 18.4 Å². The van der Waals surface area contributed by atoms with Crippen molar-refractivity contribution in [3.05, 3.63) is 30.9 Å². The van der Waals surface area contributed by atoms with Crippen molar-refractivity contribution in [3.63, 3.8) is 0 Å². The Labute approximate surface area is 125 Å². The number of hydrogen-bond acceptors (Lipinski definition) is 5. The lowest BCUT2D eigenvalue weighted by molar-refractivity contribution is -0.135. The molecule has 1 N–H and O–H groups in total. The Kier molecular flexibility index (Phi) is 2.60. The number of rotatable bonds is 3. The van der Waals surface area contributed by atoms with Crippen LogP contribution in [0.4, 0.5) is 5.69 Å². The van der Waals surface area contributed by atoms with E-state index in [9.17, 15) is 9.59 Å². The number of nitrogens with zero attached hydrogens (tertiary/aromatic N) is 3. The minimum atomic E-state index is -0.0688. The molecule has 1 aromatic heterocycles. The summed E-state index contributed by atoms with van der Waals surface area (Å²) in [5.41, 5.74) is 1.91. The quantitative estimate of drug-likeness (QED) is 0.860. The van der Waals surface area contributed by atoms with Crippen LogP contribution in [0, 0.1) is 11.3 Å². The third-order valence-corrected chi connectivity index (χ3v) is 4.53. The van der Waals surface area contributed by atoms with Gasteiger partial charge in [0.1, 0.15) is 11.0 Å². The predicted octanol–water partition coefficient (Wildman–Crippen LogP) is 1.20. The summed E-state index contributed by atoms with van der Waals surface area (Å²) in [5, 5.41) is 10.4. The molecule has 4 rings (SSSR count). The van der Waals surface area contributed by atoms with Crippen molar-refractivity contribution >= 4 is 28.5 Å². The number of aromatic nitrogens is 2. The molecule has 1 saturated carbocycles. The third-order valence-electron chi connectivity index (χ3n) is 4.53. The molecule has 22 heavy (non-hydrogen) atoms. The summed E-state index contributed by atoms with van der Waals surface area (Å²) in [6.07, 6.45) is 2.14. The zero-order valence-corrected chi connectivity index (χ0v) is 11.8. The Morgan fingerprint density at radius 2 is 2.14 bits per heavy atom. The maximum atomic E-state index is 12.3. The van der Waals surface area contributed by atoms with Gasteiger partial charge < -0.3 is 10.2 Å². The average Bonchev–Trinajstić information content (AvgIpc) is 3.08. The number of benzene rings is 1. The molecule has 1 saturated heterocycles. The topological polar surface area (TPSA) is 88.3 Å². The number of nitrogens with one attached hydrogen (secondary N) is 1. The maximum absolute atomic E-state index is 12.3. The van der Waals surface area contributed by atoms with E-state index in [0.29, 0.717) is 29.8 Å². The second-order valence-electron chi connectivity index (χ2n) is 5.97. The highest BCUT2D eigenvalue weighted by Crippen LogP contribution is 2.59. The predicted molar refractivity (Wildman–Crippen MR) is 77.8 cm³/mol. The second-order valence-corrected chi connectivity index (χ2v) is 5.97. The minimum absolute atomic E-state index is 0.0125. The van der Waals surface area contributed by atoms with Gasteiger partial charge in [0.15, 0.2) is 0 Å². The van der Waals surface area contributed by atoms with Crippen LogP contribution in [0.3, 0.4) is 0 Å². The Balaban J connectivity index is 1.40. The summed E-state index contributed by atoms with van der Waals surface area (Å²) in [5.74, 6) is -0.116. The Hall–Kier alpha value is -2.70. The van der Waals surface area contributed by atoms with Crippen molar-refractivity contribution < 1.29 is 14.2 Å². The van der Waals surface area contributed by atoms with Gasteiger partial charge in [0, 0.05) is 30.1 Å². The van der Waals surface area contributed by atoms with E-state index in [0.717, 1.165) is 6.42 Å². The first kappa shape index (κ1) is 13.0. The first-order chi connectivity index (χ1) is 10.6. The summed E-state index contributed by atoms with van der Waals surface area (Å²) < 4.78 is 4.63. The number of carbonyl (C=O) groups is 2. The number of likely N-dealkylation sites (tertiary alicyclic amines) is 1. The SMILES string of the molecule is C=CC(=O)N1CC2(CC2C(=O)Nc2ccc3nonc3c2)C1. The molecule has 0 bridgehead atoms. The molecule has 112 valence electrons. The van der Waals surface area contributed by atoms with Crippen LogP contribution < -0.4 is 5.32 Å². The number of fused-ring (bicyclic) bond motifs is 1. The highest BCUT2D eigenvalue weighted by Gasteiger charge is 2.65. The van der Waals surface area contributed by atoms with E-state index < -0.39 is 0 Å². The first-order valence-electron chi connectivity index (χ1n) is 7.06. The smallest absolute Gasteiger partial charge is 0.245 e. The van der Waals surface area contributed by atoms with Crippen LogP contribution >= 0.6 is 0 Å². The van der Waals surface area contributed by atoms with E-state index in [1.807, 2.05) is 0 Å². The van der Waals surface area contributed by atoms with Gasteiger partial charge in [0.2, 0.25) is 11.8 Å². The molecule has 7 nitrogen and oxygen atoms in total. The largest absolute Gasteiger partial charge is 0.338 e. The van der Waals surface area contributed by atoms with E-state index in [1.54, 1.807) is 23.1 Å². The van der Waals surface area contributed by atoms with Gasteiger partial charge in [0.05, 0.1) is 0 Å². The molecule has 0 radical (unpaired) electrons. The molecule has 2 aliphatic rings.